The molecular formula is C18H21NO3S2. The molecule has 1 aromatic carbocycles. The summed E-state index contributed by atoms with van der Waals surface area (Å²) in [6.45, 7) is 7.67. The van der Waals surface area contributed by atoms with Crippen LogP contribution in [0.3, 0.4) is 0 Å². The van der Waals surface area contributed by atoms with Gasteiger partial charge in [-0.1, -0.05) is 12.1 Å². The molecule has 24 heavy (non-hydrogen) atoms. The van der Waals surface area contributed by atoms with Crippen molar-refractivity contribution < 1.29 is 14.7 Å². The standard InChI is InChI=1S/C18H21NO3S2/c1-10-9-15(12(3)23-10)11(2)19-17(20)14-7-5-6-8-16(14)24-13(4)18(21)22/h5-9,11,13H,1-4H3,(H,19,20)(H,21,22). The van der Waals surface area contributed by atoms with Crippen molar-refractivity contribution in [3.8, 4) is 0 Å². The molecule has 2 atom stereocenters. The highest BCUT2D eigenvalue weighted by molar-refractivity contribution is 8.00. The lowest BCUT2D eigenvalue weighted by Gasteiger charge is -2.16. The van der Waals surface area contributed by atoms with E-state index in [0.29, 0.717) is 10.5 Å². The number of carbonyl (C=O) groups excluding carboxylic acids is 1. The van der Waals surface area contributed by atoms with E-state index >= 15 is 0 Å². The molecule has 2 rings (SSSR count). The second kappa shape index (κ2) is 7.85. The van der Waals surface area contributed by atoms with Gasteiger partial charge in [-0.05, 0) is 51.5 Å². The zero-order chi connectivity index (χ0) is 17.9. The van der Waals surface area contributed by atoms with E-state index in [1.807, 2.05) is 19.9 Å². The monoisotopic (exact) mass is 363 g/mol. The summed E-state index contributed by atoms with van der Waals surface area (Å²) in [6.07, 6.45) is 0. The summed E-state index contributed by atoms with van der Waals surface area (Å²) in [7, 11) is 0. The summed E-state index contributed by atoms with van der Waals surface area (Å²) in [5.41, 5.74) is 1.63. The second-order valence-electron chi connectivity index (χ2n) is 5.66. The Morgan fingerprint density at radius 2 is 1.88 bits per heavy atom. The zero-order valence-corrected chi connectivity index (χ0v) is 15.8. The van der Waals surface area contributed by atoms with Crippen LogP contribution in [0.25, 0.3) is 0 Å². The molecule has 0 saturated heterocycles. The molecule has 2 unspecified atom stereocenters. The Kier molecular flexibility index (Phi) is 6.07. The summed E-state index contributed by atoms with van der Waals surface area (Å²) in [4.78, 5) is 26.8. The average Bonchev–Trinajstić information content (AvgIpc) is 2.86. The van der Waals surface area contributed by atoms with Crippen LogP contribution < -0.4 is 5.32 Å². The average molecular weight is 364 g/mol. The minimum absolute atomic E-state index is 0.0996. The Morgan fingerprint density at radius 3 is 2.46 bits per heavy atom. The maximum absolute atomic E-state index is 12.7. The van der Waals surface area contributed by atoms with Crippen LogP contribution in [0.1, 0.15) is 45.6 Å². The van der Waals surface area contributed by atoms with E-state index in [9.17, 15) is 9.59 Å². The Labute approximate surface area is 150 Å². The number of thiophene rings is 1. The largest absolute Gasteiger partial charge is 0.480 e. The molecule has 4 nitrogen and oxygen atoms in total. The fourth-order valence-electron chi connectivity index (χ4n) is 2.43. The molecule has 0 aliphatic carbocycles. The van der Waals surface area contributed by atoms with Gasteiger partial charge in [-0.25, -0.2) is 0 Å². The van der Waals surface area contributed by atoms with E-state index in [1.165, 1.54) is 21.5 Å². The van der Waals surface area contributed by atoms with Crippen molar-refractivity contribution in [2.45, 2.75) is 43.9 Å². The maximum Gasteiger partial charge on any atom is 0.316 e. The van der Waals surface area contributed by atoms with E-state index in [-0.39, 0.29) is 11.9 Å². The number of amides is 1. The van der Waals surface area contributed by atoms with Crippen LogP contribution in [0, 0.1) is 13.8 Å². The number of carboxylic acids is 1. The van der Waals surface area contributed by atoms with Crippen molar-refractivity contribution in [2.24, 2.45) is 0 Å². The van der Waals surface area contributed by atoms with Gasteiger partial charge in [0.1, 0.15) is 5.25 Å². The van der Waals surface area contributed by atoms with Gasteiger partial charge in [-0.3, -0.25) is 9.59 Å². The molecule has 1 amide bonds. The Balaban J connectivity index is 2.18. The van der Waals surface area contributed by atoms with Crippen molar-refractivity contribution in [2.75, 3.05) is 0 Å². The van der Waals surface area contributed by atoms with Crippen LogP contribution in [-0.2, 0) is 4.79 Å². The Hall–Kier alpha value is -1.79. The number of aryl methyl sites for hydroxylation is 2. The minimum Gasteiger partial charge on any atom is -0.480 e. The highest BCUT2D eigenvalue weighted by Crippen LogP contribution is 2.29. The zero-order valence-electron chi connectivity index (χ0n) is 14.1. The summed E-state index contributed by atoms with van der Waals surface area (Å²) in [5.74, 6) is -1.08. The number of carboxylic acid groups (broad SMARTS) is 1. The van der Waals surface area contributed by atoms with Gasteiger partial charge in [0.2, 0.25) is 0 Å². The number of thioether (sulfide) groups is 1. The van der Waals surface area contributed by atoms with Crippen LogP contribution in [0.4, 0.5) is 0 Å². The number of carbonyl (C=O) groups is 2. The molecule has 6 heteroatoms. The molecule has 0 fully saturated rings. The van der Waals surface area contributed by atoms with Crippen LogP contribution in [0.15, 0.2) is 35.2 Å². The number of hydrogen-bond acceptors (Lipinski definition) is 4. The van der Waals surface area contributed by atoms with E-state index < -0.39 is 11.2 Å². The van der Waals surface area contributed by atoms with Crippen molar-refractivity contribution >= 4 is 35.0 Å². The molecule has 128 valence electrons. The molecular weight excluding hydrogens is 342 g/mol. The molecule has 0 spiro atoms. The van der Waals surface area contributed by atoms with Crippen LogP contribution in [0.2, 0.25) is 0 Å². The molecule has 0 saturated carbocycles. The molecule has 0 aliphatic rings. The van der Waals surface area contributed by atoms with Gasteiger partial charge in [0, 0.05) is 14.6 Å². The number of nitrogens with one attached hydrogen (secondary N) is 1. The predicted octanol–water partition coefficient (Wildman–Crippen LogP) is 4.42. The molecule has 1 aromatic heterocycles. The normalized spacial score (nSPS) is 13.3. The molecule has 0 aliphatic heterocycles. The maximum atomic E-state index is 12.7. The lowest BCUT2D eigenvalue weighted by Crippen LogP contribution is -2.27. The number of rotatable bonds is 6. The third kappa shape index (κ3) is 4.39. The first-order valence-corrected chi connectivity index (χ1v) is 9.35. The molecule has 2 N–H and O–H groups in total. The van der Waals surface area contributed by atoms with Crippen LogP contribution in [-0.4, -0.2) is 22.2 Å². The molecule has 0 radical (unpaired) electrons. The van der Waals surface area contributed by atoms with E-state index in [4.69, 9.17) is 5.11 Å². The topological polar surface area (TPSA) is 66.4 Å². The number of aliphatic carboxylic acids is 1. The number of hydrogen-bond donors (Lipinski definition) is 2. The molecule has 0 bridgehead atoms. The van der Waals surface area contributed by atoms with Crippen molar-refractivity contribution in [3.05, 3.63) is 51.2 Å². The lowest BCUT2D eigenvalue weighted by atomic mass is 10.1. The first-order chi connectivity index (χ1) is 11.3. The van der Waals surface area contributed by atoms with Gasteiger partial charge in [-0.15, -0.1) is 23.1 Å². The lowest BCUT2D eigenvalue weighted by molar-refractivity contribution is -0.136. The molecule has 1 heterocycles. The van der Waals surface area contributed by atoms with Gasteiger partial charge >= 0.3 is 5.97 Å². The third-order valence-corrected chi connectivity index (χ3v) is 5.82. The predicted molar refractivity (Wildman–Crippen MR) is 99.1 cm³/mol. The van der Waals surface area contributed by atoms with Gasteiger partial charge < -0.3 is 10.4 Å². The highest BCUT2D eigenvalue weighted by Gasteiger charge is 2.20. The van der Waals surface area contributed by atoms with Gasteiger partial charge in [0.05, 0.1) is 11.6 Å². The van der Waals surface area contributed by atoms with Gasteiger partial charge in [0.25, 0.3) is 5.91 Å². The van der Waals surface area contributed by atoms with Crippen molar-refractivity contribution in [1.29, 1.82) is 0 Å². The van der Waals surface area contributed by atoms with Crippen molar-refractivity contribution in [1.82, 2.24) is 5.32 Å². The fraction of sp³-hybridized carbons (Fsp3) is 0.333. The highest BCUT2D eigenvalue weighted by atomic mass is 32.2. The van der Waals surface area contributed by atoms with E-state index in [2.05, 4.69) is 18.3 Å². The quantitative estimate of drug-likeness (QED) is 0.746. The van der Waals surface area contributed by atoms with E-state index in [0.717, 1.165) is 5.56 Å². The Bertz CT molecular complexity index is 754. The molecule has 2 aromatic rings. The third-order valence-electron chi connectivity index (χ3n) is 3.68. The van der Waals surface area contributed by atoms with Gasteiger partial charge in [0.15, 0.2) is 0 Å². The van der Waals surface area contributed by atoms with E-state index in [1.54, 1.807) is 36.5 Å². The summed E-state index contributed by atoms with van der Waals surface area (Å²) >= 11 is 2.89. The Morgan fingerprint density at radius 1 is 1.21 bits per heavy atom. The first-order valence-electron chi connectivity index (χ1n) is 7.66. The summed E-state index contributed by atoms with van der Waals surface area (Å²) < 4.78 is 0. The SMILES string of the molecule is Cc1cc(C(C)NC(=O)c2ccccc2SC(C)C(=O)O)c(C)s1. The van der Waals surface area contributed by atoms with Crippen LogP contribution >= 0.6 is 23.1 Å². The summed E-state index contributed by atoms with van der Waals surface area (Å²) in [6, 6.07) is 9.10. The minimum atomic E-state index is -0.895. The van der Waals surface area contributed by atoms with Crippen molar-refractivity contribution in [3.63, 3.8) is 0 Å². The van der Waals surface area contributed by atoms with Crippen LogP contribution in [0.5, 0.6) is 0 Å². The fourth-order valence-corrected chi connectivity index (χ4v) is 4.38. The second-order valence-corrected chi connectivity index (χ2v) is 8.50. The number of benzene rings is 1. The first kappa shape index (κ1) is 18.5. The van der Waals surface area contributed by atoms with Gasteiger partial charge in [-0.2, -0.15) is 0 Å². The smallest absolute Gasteiger partial charge is 0.316 e. The summed E-state index contributed by atoms with van der Waals surface area (Å²) in [5, 5.41) is 11.5.